The summed E-state index contributed by atoms with van der Waals surface area (Å²) in [4.78, 5) is 13.0. The Balaban J connectivity index is 2.29. The molecule has 1 saturated heterocycles. The van der Waals surface area contributed by atoms with Crippen molar-refractivity contribution in [3.8, 4) is 0 Å². The topological polar surface area (TPSA) is 57.7 Å². The van der Waals surface area contributed by atoms with E-state index < -0.39 is 10.0 Å². The second-order valence-electron chi connectivity index (χ2n) is 4.45. The van der Waals surface area contributed by atoms with E-state index in [0.29, 0.717) is 19.5 Å². The standard InChI is InChI=1S/C11H22N2O3S/c1-3-17(15,16)13-9-7-12(8-10-13)6-4-5-11(2)14/h3-10H2,1-2H3. The molecular formula is C11H22N2O3S. The van der Waals surface area contributed by atoms with Crippen molar-refractivity contribution in [1.29, 1.82) is 0 Å². The molecule has 0 aromatic heterocycles. The van der Waals surface area contributed by atoms with Gasteiger partial charge in [-0.05, 0) is 26.8 Å². The Morgan fingerprint density at radius 3 is 2.24 bits per heavy atom. The highest BCUT2D eigenvalue weighted by Crippen LogP contribution is 2.08. The number of rotatable bonds is 6. The van der Waals surface area contributed by atoms with Gasteiger partial charge < -0.3 is 9.69 Å². The summed E-state index contributed by atoms with van der Waals surface area (Å²) in [6.45, 7) is 6.88. The van der Waals surface area contributed by atoms with Crippen molar-refractivity contribution in [2.24, 2.45) is 0 Å². The minimum Gasteiger partial charge on any atom is -0.301 e. The molecule has 6 heteroatoms. The van der Waals surface area contributed by atoms with Crippen molar-refractivity contribution in [1.82, 2.24) is 9.21 Å². The normalized spacial score (nSPS) is 19.4. The average molecular weight is 262 g/mol. The predicted octanol–water partition coefficient (Wildman–Crippen LogP) is 0.323. The van der Waals surface area contributed by atoms with Gasteiger partial charge in [0.2, 0.25) is 10.0 Å². The van der Waals surface area contributed by atoms with Crippen LogP contribution < -0.4 is 0 Å². The van der Waals surface area contributed by atoms with Gasteiger partial charge in [0.05, 0.1) is 5.75 Å². The Hall–Kier alpha value is -0.460. The minimum absolute atomic E-state index is 0.178. The number of carbonyl (C=O) groups is 1. The summed E-state index contributed by atoms with van der Waals surface area (Å²) in [6, 6.07) is 0. The number of piperazine rings is 1. The van der Waals surface area contributed by atoms with Gasteiger partial charge in [0, 0.05) is 32.6 Å². The van der Waals surface area contributed by atoms with E-state index in [1.807, 2.05) is 0 Å². The van der Waals surface area contributed by atoms with Crippen LogP contribution in [0.4, 0.5) is 0 Å². The van der Waals surface area contributed by atoms with E-state index >= 15 is 0 Å². The van der Waals surface area contributed by atoms with Gasteiger partial charge in [0.15, 0.2) is 0 Å². The summed E-state index contributed by atoms with van der Waals surface area (Å²) in [6.07, 6.45) is 1.49. The molecule has 0 amide bonds. The van der Waals surface area contributed by atoms with E-state index in [2.05, 4.69) is 4.90 Å². The van der Waals surface area contributed by atoms with Crippen molar-refractivity contribution in [3.63, 3.8) is 0 Å². The molecule has 1 rings (SSSR count). The first-order chi connectivity index (χ1) is 7.95. The third-order valence-electron chi connectivity index (χ3n) is 3.09. The Labute approximate surface area is 104 Å². The zero-order valence-electron chi connectivity index (χ0n) is 10.7. The monoisotopic (exact) mass is 262 g/mol. The number of hydrogen-bond donors (Lipinski definition) is 0. The number of hydrogen-bond acceptors (Lipinski definition) is 4. The fourth-order valence-electron chi connectivity index (χ4n) is 1.97. The van der Waals surface area contributed by atoms with Gasteiger partial charge in [-0.3, -0.25) is 0 Å². The average Bonchev–Trinajstić information content (AvgIpc) is 2.29. The summed E-state index contributed by atoms with van der Waals surface area (Å²) < 4.78 is 24.8. The van der Waals surface area contributed by atoms with Crippen LogP contribution in [0.5, 0.6) is 0 Å². The van der Waals surface area contributed by atoms with Crippen molar-refractivity contribution in [2.75, 3.05) is 38.5 Å². The van der Waals surface area contributed by atoms with Gasteiger partial charge in [-0.2, -0.15) is 4.31 Å². The Morgan fingerprint density at radius 1 is 1.18 bits per heavy atom. The smallest absolute Gasteiger partial charge is 0.213 e. The van der Waals surface area contributed by atoms with E-state index in [4.69, 9.17) is 0 Å². The second kappa shape index (κ2) is 6.47. The fraction of sp³-hybridized carbons (Fsp3) is 0.909. The number of nitrogens with zero attached hydrogens (tertiary/aromatic N) is 2. The van der Waals surface area contributed by atoms with E-state index in [-0.39, 0.29) is 11.5 Å². The quantitative estimate of drug-likeness (QED) is 0.692. The first kappa shape index (κ1) is 14.6. The first-order valence-electron chi connectivity index (χ1n) is 6.15. The van der Waals surface area contributed by atoms with Crippen LogP contribution in [0.15, 0.2) is 0 Å². The zero-order chi connectivity index (χ0) is 12.9. The van der Waals surface area contributed by atoms with Crippen LogP contribution in [-0.4, -0.2) is 61.9 Å². The maximum atomic E-state index is 11.6. The first-order valence-corrected chi connectivity index (χ1v) is 7.76. The molecule has 0 N–H and O–H groups in total. The summed E-state index contributed by atoms with van der Waals surface area (Å²) in [7, 11) is -3.03. The molecular weight excluding hydrogens is 240 g/mol. The lowest BCUT2D eigenvalue weighted by molar-refractivity contribution is -0.117. The lowest BCUT2D eigenvalue weighted by atomic mass is 10.2. The van der Waals surface area contributed by atoms with Crippen LogP contribution in [-0.2, 0) is 14.8 Å². The molecule has 0 unspecified atom stereocenters. The molecule has 1 fully saturated rings. The molecule has 0 radical (unpaired) electrons. The highest BCUT2D eigenvalue weighted by atomic mass is 32.2. The highest BCUT2D eigenvalue weighted by Gasteiger charge is 2.24. The highest BCUT2D eigenvalue weighted by molar-refractivity contribution is 7.89. The van der Waals surface area contributed by atoms with Crippen LogP contribution in [0.3, 0.4) is 0 Å². The van der Waals surface area contributed by atoms with Gasteiger partial charge in [-0.25, -0.2) is 8.42 Å². The Morgan fingerprint density at radius 2 is 1.76 bits per heavy atom. The molecule has 5 nitrogen and oxygen atoms in total. The summed E-state index contributed by atoms with van der Waals surface area (Å²) in [5.41, 5.74) is 0. The van der Waals surface area contributed by atoms with Gasteiger partial charge in [0.1, 0.15) is 5.78 Å². The summed E-state index contributed by atoms with van der Waals surface area (Å²) >= 11 is 0. The summed E-state index contributed by atoms with van der Waals surface area (Å²) in [5, 5.41) is 0. The summed E-state index contributed by atoms with van der Waals surface area (Å²) in [5.74, 6) is 0.398. The fourth-order valence-corrected chi connectivity index (χ4v) is 3.05. The lowest BCUT2D eigenvalue weighted by Gasteiger charge is -2.33. The molecule has 0 aromatic carbocycles. The van der Waals surface area contributed by atoms with Gasteiger partial charge in [-0.15, -0.1) is 0 Å². The Kier molecular flexibility index (Phi) is 5.55. The molecule has 0 saturated carbocycles. The van der Waals surface area contributed by atoms with Crippen LogP contribution >= 0.6 is 0 Å². The van der Waals surface area contributed by atoms with Gasteiger partial charge >= 0.3 is 0 Å². The third-order valence-corrected chi connectivity index (χ3v) is 4.97. The van der Waals surface area contributed by atoms with E-state index in [9.17, 15) is 13.2 Å². The van der Waals surface area contributed by atoms with Crippen LogP contribution in [0.2, 0.25) is 0 Å². The maximum absolute atomic E-state index is 11.6. The largest absolute Gasteiger partial charge is 0.301 e. The van der Waals surface area contributed by atoms with Crippen LogP contribution in [0.1, 0.15) is 26.7 Å². The molecule has 1 aliphatic heterocycles. The van der Waals surface area contributed by atoms with Crippen LogP contribution in [0, 0.1) is 0 Å². The molecule has 1 aliphatic rings. The maximum Gasteiger partial charge on any atom is 0.213 e. The molecule has 100 valence electrons. The van der Waals surface area contributed by atoms with Crippen molar-refractivity contribution >= 4 is 15.8 Å². The minimum atomic E-state index is -3.03. The molecule has 0 aromatic rings. The van der Waals surface area contributed by atoms with Gasteiger partial charge in [-0.1, -0.05) is 0 Å². The molecule has 0 aliphatic carbocycles. The number of Topliss-reactive ketones (excluding diaryl/α,β-unsaturated/α-hetero) is 1. The van der Waals surface area contributed by atoms with E-state index in [1.54, 1.807) is 18.2 Å². The zero-order valence-corrected chi connectivity index (χ0v) is 11.5. The van der Waals surface area contributed by atoms with E-state index in [0.717, 1.165) is 26.1 Å². The molecule has 1 heterocycles. The second-order valence-corrected chi connectivity index (χ2v) is 6.70. The number of ketones is 1. The van der Waals surface area contributed by atoms with Crippen molar-refractivity contribution < 1.29 is 13.2 Å². The van der Waals surface area contributed by atoms with E-state index in [1.165, 1.54) is 0 Å². The molecule has 0 bridgehead atoms. The number of sulfonamides is 1. The lowest BCUT2D eigenvalue weighted by Crippen LogP contribution is -2.49. The number of carbonyl (C=O) groups excluding carboxylic acids is 1. The predicted molar refractivity (Wildman–Crippen MR) is 67.4 cm³/mol. The molecule has 0 spiro atoms. The van der Waals surface area contributed by atoms with Gasteiger partial charge in [0.25, 0.3) is 0 Å². The Bertz CT molecular complexity index is 346. The van der Waals surface area contributed by atoms with Crippen molar-refractivity contribution in [3.05, 3.63) is 0 Å². The molecule has 0 atom stereocenters. The third kappa shape index (κ3) is 4.73. The van der Waals surface area contributed by atoms with Crippen LogP contribution in [0.25, 0.3) is 0 Å². The van der Waals surface area contributed by atoms with Crippen molar-refractivity contribution in [2.45, 2.75) is 26.7 Å². The SMILES string of the molecule is CCS(=O)(=O)N1CCN(CCCC(C)=O)CC1. The molecule has 17 heavy (non-hydrogen) atoms.